The van der Waals surface area contributed by atoms with Crippen LogP contribution in [0.5, 0.6) is 0 Å². The van der Waals surface area contributed by atoms with Crippen molar-refractivity contribution in [3.63, 3.8) is 0 Å². The first-order chi connectivity index (χ1) is 16.3. The Hall–Kier alpha value is -1.96. The molecule has 0 radical (unpaired) electrons. The number of anilines is 1. The first-order valence-corrected chi connectivity index (χ1v) is 14.7. The summed E-state index contributed by atoms with van der Waals surface area (Å²) >= 11 is 7.46. The number of ketones is 1. The van der Waals surface area contributed by atoms with Crippen molar-refractivity contribution in [2.45, 2.75) is 54.5 Å². The molecule has 178 valence electrons. The lowest BCUT2D eigenvalue weighted by atomic mass is 9.75. The number of piperidine rings is 1. The second kappa shape index (κ2) is 8.32. The smallest absolute Gasteiger partial charge is 0.208 e. The van der Waals surface area contributed by atoms with Crippen LogP contribution in [0.2, 0.25) is 5.02 Å². The van der Waals surface area contributed by atoms with Crippen molar-refractivity contribution < 1.29 is 13.2 Å². The first kappa shape index (κ1) is 22.5. The second-order valence-electron chi connectivity index (χ2n) is 10.2. The number of hydrogen-bond acceptors (Lipinski definition) is 6. The van der Waals surface area contributed by atoms with E-state index in [0.717, 1.165) is 47.9 Å². The fraction of sp³-hybridized carbons (Fsp3) is 0.462. The standard InChI is InChI=1S/C26H27ClN2O3S2/c27-19-5-4-17-12-25(33-23(17)13-19)34(31,32)24-16-26(8-11-29(24)20-6-9-28-10-7-20)14-18-2-1-3-22(30)21(18)15-26/h4-7,9-10,12-13,18,21,24H,1-3,8,11,14-16H2. The van der Waals surface area contributed by atoms with E-state index in [1.54, 1.807) is 24.5 Å². The summed E-state index contributed by atoms with van der Waals surface area (Å²) in [5, 5.41) is 0.834. The van der Waals surface area contributed by atoms with Crippen LogP contribution in [0.3, 0.4) is 0 Å². The second-order valence-corrected chi connectivity index (χ2v) is 14.1. The number of nitrogens with zero attached hydrogens (tertiary/aromatic N) is 2. The number of thiophene rings is 1. The number of Topliss-reactive ketones (excluding diaryl/α,β-unsaturated/α-hetero) is 1. The Labute approximate surface area is 209 Å². The predicted octanol–water partition coefficient (Wildman–Crippen LogP) is 6.12. The average Bonchev–Trinajstić information content (AvgIpc) is 3.42. The Bertz CT molecular complexity index is 1360. The van der Waals surface area contributed by atoms with E-state index in [1.807, 2.05) is 29.2 Å². The van der Waals surface area contributed by atoms with Crippen LogP contribution in [-0.4, -0.2) is 31.1 Å². The summed E-state index contributed by atoms with van der Waals surface area (Å²) < 4.78 is 29.7. The van der Waals surface area contributed by atoms with E-state index >= 15 is 0 Å². The van der Waals surface area contributed by atoms with Crippen molar-refractivity contribution in [3.05, 3.63) is 53.8 Å². The molecule has 2 aromatic heterocycles. The monoisotopic (exact) mass is 514 g/mol. The molecule has 0 N–H and O–H groups in total. The number of benzene rings is 1. The third-order valence-corrected chi connectivity index (χ3v) is 12.2. The number of carbonyl (C=O) groups is 1. The zero-order valence-electron chi connectivity index (χ0n) is 18.8. The first-order valence-electron chi connectivity index (χ1n) is 12.0. The van der Waals surface area contributed by atoms with E-state index in [4.69, 9.17) is 11.6 Å². The maximum Gasteiger partial charge on any atom is 0.208 e. The Morgan fingerprint density at radius 1 is 1.09 bits per heavy atom. The number of sulfone groups is 1. The van der Waals surface area contributed by atoms with Crippen molar-refractivity contribution >= 4 is 54.3 Å². The number of hydrogen-bond donors (Lipinski definition) is 0. The Balaban J connectivity index is 1.40. The van der Waals surface area contributed by atoms with Gasteiger partial charge in [-0.1, -0.05) is 17.7 Å². The van der Waals surface area contributed by atoms with Crippen LogP contribution in [0.1, 0.15) is 44.9 Å². The van der Waals surface area contributed by atoms with Crippen LogP contribution in [-0.2, 0) is 14.6 Å². The molecule has 1 aliphatic heterocycles. The molecule has 0 bridgehead atoms. The maximum atomic E-state index is 14.2. The topological polar surface area (TPSA) is 67.3 Å². The summed E-state index contributed by atoms with van der Waals surface area (Å²) in [6, 6.07) is 11.1. The molecule has 1 spiro atoms. The molecule has 3 aliphatic rings. The number of aromatic nitrogens is 1. The van der Waals surface area contributed by atoms with E-state index < -0.39 is 15.2 Å². The fourth-order valence-electron chi connectivity index (χ4n) is 6.64. The Kier molecular flexibility index (Phi) is 5.50. The van der Waals surface area contributed by atoms with Gasteiger partial charge in [-0.05, 0) is 85.6 Å². The van der Waals surface area contributed by atoms with E-state index in [1.165, 1.54) is 11.3 Å². The van der Waals surface area contributed by atoms with Crippen LogP contribution >= 0.6 is 22.9 Å². The molecule has 2 aliphatic carbocycles. The molecular formula is C26H27ClN2O3S2. The molecule has 4 atom stereocenters. The highest BCUT2D eigenvalue weighted by molar-refractivity contribution is 7.94. The lowest BCUT2D eigenvalue weighted by Gasteiger charge is -2.45. The lowest BCUT2D eigenvalue weighted by Crippen LogP contribution is -2.50. The normalized spacial score (nSPS) is 29.6. The van der Waals surface area contributed by atoms with Gasteiger partial charge in [-0.2, -0.15) is 0 Å². The molecule has 34 heavy (non-hydrogen) atoms. The fourth-order valence-corrected chi connectivity index (χ4v) is 10.5. The molecule has 4 unspecified atom stereocenters. The highest BCUT2D eigenvalue weighted by atomic mass is 35.5. The molecule has 8 heteroatoms. The van der Waals surface area contributed by atoms with E-state index in [0.29, 0.717) is 40.3 Å². The minimum absolute atomic E-state index is 0.0867. The largest absolute Gasteiger partial charge is 0.354 e. The summed E-state index contributed by atoms with van der Waals surface area (Å²) in [6.45, 7) is 0.665. The Morgan fingerprint density at radius 3 is 2.71 bits per heavy atom. The van der Waals surface area contributed by atoms with Gasteiger partial charge >= 0.3 is 0 Å². The molecule has 3 heterocycles. The number of rotatable bonds is 3. The predicted molar refractivity (Wildman–Crippen MR) is 136 cm³/mol. The minimum atomic E-state index is -3.65. The zero-order valence-corrected chi connectivity index (χ0v) is 21.2. The van der Waals surface area contributed by atoms with Crippen LogP contribution in [0.4, 0.5) is 5.69 Å². The molecule has 5 nitrogen and oxygen atoms in total. The number of fused-ring (bicyclic) bond motifs is 2. The molecule has 1 saturated heterocycles. The highest BCUT2D eigenvalue weighted by Crippen LogP contribution is 2.57. The molecule has 6 rings (SSSR count). The molecule has 1 aromatic carbocycles. The van der Waals surface area contributed by atoms with Crippen LogP contribution < -0.4 is 4.90 Å². The summed E-state index contributed by atoms with van der Waals surface area (Å²) in [4.78, 5) is 18.8. The SMILES string of the molecule is O=C1CCCC2CC3(CCN(c4ccncc4)C(S(=O)(=O)c4cc5ccc(Cl)cc5s4)C3)CC12. The van der Waals surface area contributed by atoms with Gasteiger partial charge in [-0.15, -0.1) is 11.3 Å². The summed E-state index contributed by atoms with van der Waals surface area (Å²) in [6.07, 6.45) is 9.49. The van der Waals surface area contributed by atoms with Crippen molar-refractivity contribution in [1.82, 2.24) is 4.98 Å². The summed E-state index contributed by atoms with van der Waals surface area (Å²) in [5.41, 5.74) is 0.797. The van der Waals surface area contributed by atoms with Gasteiger partial charge in [0, 0.05) is 46.7 Å². The van der Waals surface area contributed by atoms with Gasteiger partial charge < -0.3 is 4.90 Å². The van der Waals surface area contributed by atoms with Gasteiger partial charge in [0.1, 0.15) is 15.4 Å². The van der Waals surface area contributed by atoms with Crippen LogP contribution in [0.25, 0.3) is 10.1 Å². The highest BCUT2D eigenvalue weighted by Gasteiger charge is 2.54. The van der Waals surface area contributed by atoms with Gasteiger partial charge in [-0.3, -0.25) is 9.78 Å². The van der Waals surface area contributed by atoms with Crippen molar-refractivity contribution in [2.75, 3.05) is 11.4 Å². The van der Waals surface area contributed by atoms with Gasteiger partial charge in [0.15, 0.2) is 0 Å². The van der Waals surface area contributed by atoms with Gasteiger partial charge in [0.05, 0.1) is 0 Å². The van der Waals surface area contributed by atoms with Gasteiger partial charge in [0.25, 0.3) is 0 Å². The summed E-state index contributed by atoms with van der Waals surface area (Å²) in [5.74, 6) is 0.935. The third kappa shape index (κ3) is 3.76. The quantitative estimate of drug-likeness (QED) is 0.421. The van der Waals surface area contributed by atoms with E-state index in [-0.39, 0.29) is 11.3 Å². The molecule has 2 saturated carbocycles. The maximum absolute atomic E-state index is 14.2. The minimum Gasteiger partial charge on any atom is -0.354 e. The molecule has 3 fully saturated rings. The zero-order chi connectivity index (χ0) is 23.5. The van der Waals surface area contributed by atoms with E-state index in [2.05, 4.69) is 4.98 Å². The summed E-state index contributed by atoms with van der Waals surface area (Å²) in [7, 11) is -3.65. The number of pyridine rings is 1. The Morgan fingerprint density at radius 2 is 1.91 bits per heavy atom. The number of halogens is 1. The average molecular weight is 515 g/mol. The molecule has 3 aromatic rings. The van der Waals surface area contributed by atoms with Crippen molar-refractivity contribution in [2.24, 2.45) is 17.3 Å². The van der Waals surface area contributed by atoms with Gasteiger partial charge in [0.2, 0.25) is 9.84 Å². The van der Waals surface area contributed by atoms with E-state index in [9.17, 15) is 13.2 Å². The van der Waals surface area contributed by atoms with Crippen LogP contribution in [0, 0.1) is 17.3 Å². The van der Waals surface area contributed by atoms with Crippen LogP contribution in [0.15, 0.2) is 53.0 Å². The van der Waals surface area contributed by atoms with Gasteiger partial charge in [-0.25, -0.2) is 8.42 Å². The molecular weight excluding hydrogens is 488 g/mol. The third-order valence-electron chi connectivity index (χ3n) is 8.26. The van der Waals surface area contributed by atoms with Crippen molar-refractivity contribution in [1.29, 1.82) is 0 Å². The molecule has 0 amide bonds. The number of carbonyl (C=O) groups excluding carboxylic acids is 1. The lowest BCUT2D eigenvalue weighted by molar-refractivity contribution is -0.125. The van der Waals surface area contributed by atoms with Crippen molar-refractivity contribution in [3.8, 4) is 0 Å².